The molecule has 152 valence electrons. The van der Waals surface area contributed by atoms with Crippen LogP contribution in [0.4, 0.5) is 9.93 Å². The van der Waals surface area contributed by atoms with Crippen molar-refractivity contribution in [1.29, 1.82) is 0 Å². The molecule has 2 aliphatic heterocycles. The molecule has 0 radical (unpaired) electrons. The number of hydrogen-bond donors (Lipinski definition) is 3. The summed E-state index contributed by atoms with van der Waals surface area (Å²) in [5.74, 6) is -0.489. The average molecular weight is 414 g/mol. The van der Waals surface area contributed by atoms with Crippen LogP contribution < -0.4 is 16.0 Å². The van der Waals surface area contributed by atoms with Crippen LogP contribution >= 0.6 is 11.3 Å². The number of aryl methyl sites for hydroxylation is 1. The molecule has 4 amide bonds. The van der Waals surface area contributed by atoms with E-state index in [1.54, 1.807) is 6.20 Å². The maximum absolute atomic E-state index is 12.5. The summed E-state index contributed by atoms with van der Waals surface area (Å²) in [4.78, 5) is 43.4. The smallest absolute Gasteiger partial charge is 0.322 e. The molecule has 8 nitrogen and oxygen atoms in total. The van der Waals surface area contributed by atoms with E-state index < -0.39 is 11.6 Å². The van der Waals surface area contributed by atoms with Crippen LogP contribution in [0.25, 0.3) is 0 Å². The van der Waals surface area contributed by atoms with Gasteiger partial charge >= 0.3 is 6.03 Å². The number of hydrogen-bond acceptors (Lipinski definition) is 6. The number of piperidine rings is 1. The topological polar surface area (TPSA) is 103 Å². The van der Waals surface area contributed by atoms with E-state index in [4.69, 9.17) is 0 Å². The Morgan fingerprint density at radius 1 is 1.38 bits per heavy atom. The number of amides is 4. The van der Waals surface area contributed by atoms with E-state index >= 15 is 0 Å². The number of likely N-dealkylation sites (tertiary alicyclic amines) is 1. The molecule has 2 aliphatic rings. The maximum atomic E-state index is 12.5. The van der Waals surface area contributed by atoms with Crippen molar-refractivity contribution < 1.29 is 14.4 Å². The molecule has 1 aromatic heterocycles. The van der Waals surface area contributed by atoms with Gasteiger partial charge in [-0.3, -0.25) is 19.8 Å². The molecular formula is C20H23N5O3S. The van der Waals surface area contributed by atoms with Crippen LogP contribution in [-0.2, 0) is 16.0 Å². The fourth-order valence-corrected chi connectivity index (χ4v) is 4.79. The Labute approximate surface area is 172 Å². The Morgan fingerprint density at radius 2 is 2.24 bits per heavy atom. The molecule has 1 unspecified atom stereocenters. The standard InChI is InChI=1S/C20H23N5O3S/c1-13-4-2-5-14(8-13)9-15-10-21-19(29-15)22-16(26)11-25-7-3-6-20(12-25)17(27)23-18(28)24-20/h2,4-5,8,10H,3,6-7,9,11-12H2,1H3,(H,21,22,26)(H2,23,24,27,28). The number of carbonyl (C=O) groups is 3. The molecule has 2 fully saturated rings. The van der Waals surface area contributed by atoms with Gasteiger partial charge in [0.25, 0.3) is 5.91 Å². The van der Waals surface area contributed by atoms with Crippen LogP contribution in [0.1, 0.15) is 28.8 Å². The quantitative estimate of drug-likeness (QED) is 0.647. The molecule has 2 aromatic rings. The summed E-state index contributed by atoms with van der Waals surface area (Å²) in [6, 6.07) is 7.85. The van der Waals surface area contributed by atoms with Gasteiger partial charge in [-0.2, -0.15) is 0 Å². The molecule has 2 saturated heterocycles. The van der Waals surface area contributed by atoms with Crippen LogP contribution in [-0.4, -0.2) is 52.9 Å². The molecule has 3 heterocycles. The average Bonchev–Trinajstić information content (AvgIpc) is 3.18. The van der Waals surface area contributed by atoms with Gasteiger partial charge in [0.05, 0.1) is 6.54 Å². The number of anilines is 1. The van der Waals surface area contributed by atoms with E-state index in [9.17, 15) is 14.4 Å². The van der Waals surface area contributed by atoms with Crippen molar-refractivity contribution in [1.82, 2.24) is 20.5 Å². The summed E-state index contributed by atoms with van der Waals surface area (Å²) in [7, 11) is 0. The van der Waals surface area contributed by atoms with Crippen molar-refractivity contribution in [3.8, 4) is 0 Å². The predicted molar refractivity (Wildman–Crippen MR) is 110 cm³/mol. The van der Waals surface area contributed by atoms with E-state index in [1.165, 1.54) is 22.5 Å². The number of benzene rings is 1. The lowest BCUT2D eigenvalue weighted by Crippen LogP contribution is -2.59. The van der Waals surface area contributed by atoms with E-state index in [-0.39, 0.29) is 18.4 Å². The molecule has 9 heteroatoms. The second-order valence-electron chi connectivity index (χ2n) is 7.65. The Kier molecular flexibility index (Phi) is 5.33. The molecule has 1 atom stereocenters. The Bertz CT molecular complexity index is 959. The highest BCUT2D eigenvalue weighted by molar-refractivity contribution is 7.15. The molecule has 3 N–H and O–H groups in total. The zero-order valence-corrected chi connectivity index (χ0v) is 17.0. The zero-order valence-electron chi connectivity index (χ0n) is 16.2. The van der Waals surface area contributed by atoms with Crippen LogP contribution in [0.2, 0.25) is 0 Å². The van der Waals surface area contributed by atoms with E-state index in [0.717, 1.165) is 17.7 Å². The summed E-state index contributed by atoms with van der Waals surface area (Å²) in [6.45, 7) is 3.24. The van der Waals surface area contributed by atoms with Gasteiger partial charge in [0, 0.05) is 24.0 Å². The lowest BCUT2D eigenvalue weighted by atomic mass is 9.89. The molecule has 0 saturated carbocycles. The van der Waals surface area contributed by atoms with Crippen LogP contribution in [0.3, 0.4) is 0 Å². The van der Waals surface area contributed by atoms with E-state index in [1.807, 2.05) is 11.0 Å². The van der Waals surface area contributed by atoms with Crippen molar-refractivity contribution in [2.24, 2.45) is 0 Å². The first-order valence-electron chi connectivity index (χ1n) is 9.58. The highest BCUT2D eigenvalue weighted by Crippen LogP contribution is 2.25. The third kappa shape index (κ3) is 4.46. The molecule has 1 aromatic carbocycles. The second kappa shape index (κ2) is 7.92. The lowest BCUT2D eigenvalue weighted by molar-refractivity contribution is -0.127. The summed E-state index contributed by atoms with van der Waals surface area (Å²) in [6.07, 6.45) is 3.88. The number of urea groups is 1. The molecule has 4 rings (SSSR count). The first kappa shape index (κ1) is 19.5. The normalized spacial score (nSPS) is 21.8. The van der Waals surface area contributed by atoms with Gasteiger partial charge in [0.1, 0.15) is 5.54 Å². The SMILES string of the molecule is Cc1cccc(Cc2cnc(NC(=O)CN3CCCC4(C3)NC(=O)NC4=O)s2)c1. The Balaban J connectivity index is 1.32. The third-order valence-corrected chi connectivity index (χ3v) is 6.13. The first-order chi connectivity index (χ1) is 13.9. The van der Waals surface area contributed by atoms with Gasteiger partial charge in [-0.25, -0.2) is 9.78 Å². The number of rotatable bonds is 5. The summed E-state index contributed by atoms with van der Waals surface area (Å²) in [5, 5.41) is 8.42. The van der Waals surface area contributed by atoms with Crippen molar-refractivity contribution in [3.63, 3.8) is 0 Å². The van der Waals surface area contributed by atoms with Gasteiger partial charge in [0.2, 0.25) is 5.91 Å². The van der Waals surface area contributed by atoms with E-state index in [0.29, 0.717) is 24.6 Å². The fourth-order valence-electron chi connectivity index (χ4n) is 3.93. The van der Waals surface area contributed by atoms with Gasteiger partial charge < -0.3 is 10.6 Å². The van der Waals surface area contributed by atoms with Crippen LogP contribution in [0.15, 0.2) is 30.5 Å². The van der Waals surface area contributed by atoms with E-state index in [2.05, 4.69) is 46.1 Å². The van der Waals surface area contributed by atoms with Crippen molar-refractivity contribution in [3.05, 3.63) is 46.5 Å². The number of aromatic nitrogens is 1. The summed E-state index contributed by atoms with van der Waals surface area (Å²) < 4.78 is 0. The van der Waals surface area contributed by atoms with Gasteiger partial charge in [-0.05, 0) is 31.9 Å². The minimum Gasteiger partial charge on any atom is -0.322 e. The third-order valence-electron chi connectivity index (χ3n) is 5.21. The van der Waals surface area contributed by atoms with Crippen molar-refractivity contribution >= 4 is 34.3 Å². The minimum atomic E-state index is -0.919. The van der Waals surface area contributed by atoms with Gasteiger partial charge in [-0.1, -0.05) is 29.8 Å². The zero-order chi connectivity index (χ0) is 20.4. The van der Waals surface area contributed by atoms with Crippen molar-refractivity contribution in [2.45, 2.75) is 31.7 Å². The molecule has 0 aliphatic carbocycles. The number of nitrogens with zero attached hydrogens (tertiary/aromatic N) is 2. The number of imide groups is 1. The summed E-state index contributed by atoms with van der Waals surface area (Å²) in [5.41, 5.74) is 1.51. The Morgan fingerprint density at radius 3 is 3.00 bits per heavy atom. The van der Waals surface area contributed by atoms with Gasteiger partial charge in [-0.15, -0.1) is 11.3 Å². The molecule has 29 heavy (non-hydrogen) atoms. The fraction of sp³-hybridized carbons (Fsp3) is 0.400. The number of carbonyl (C=O) groups excluding carboxylic acids is 3. The highest BCUT2D eigenvalue weighted by Gasteiger charge is 2.48. The maximum Gasteiger partial charge on any atom is 0.322 e. The molecule has 1 spiro atoms. The molecular weight excluding hydrogens is 390 g/mol. The minimum absolute atomic E-state index is 0.150. The lowest BCUT2D eigenvalue weighted by Gasteiger charge is -2.37. The number of nitrogens with one attached hydrogen (secondary N) is 3. The van der Waals surface area contributed by atoms with Crippen molar-refractivity contribution in [2.75, 3.05) is 25.0 Å². The highest BCUT2D eigenvalue weighted by atomic mass is 32.1. The number of thiazole rings is 1. The Hall–Kier alpha value is -2.78. The van der Waals surface area contributed by atoms with Gasteiger partial charge in [0.15, 0.2) is 5.13 Å². The first-order valence-corrected chi connectivity index (χ1v) is 10.4. The predicted octanol–water partition coefficient (Wildman–Crippen LogP) is 1.65. The molecule has 0 bridgehead atoms. The second-order valence-corrected chi connectivity index (χ2v) is 8.77. The van der Waals surface area contributed by atoms with Crippen LogP contribution in [0.5, 0.6) is 0 Å². The van der Waals surface area contributed by atoms with Crippen LogP contribution in [0, 0.1) is 6.92 Å². The monoisotopic (exact) mass is 413 g/mol. The largest absolute Gasteiger partial charge is 0.322 e. The summed E-state index contributed by atoms with van der Waals surface area (Å²) >= 11 is 1.46.